The van der Waals surface area contributed by atoms with Crippen LogP contribution in [-0.2, 0) is 0 Å². The highest BCUT2D eigenvalue weighted by Crippen LogP contribution is 2.22. The molecule has 86 valence electrons. The van der Waals surface area contributed by atoms with Crippen LogP contribution < -0.4 is 5.73 Å². The maximum absolute atomic E-state index is 6.19. The van der Waals surface area contributed by atoms with E-state index in [1.165, 1.54) is 22.9 Å². The Bertz CT molecular complexity index is 456. The molecule has 0 radical (unpaired) electrons. The number of aromatic amines is 1. The summed E-state index contributed by atoms with van der Waals surface area (Å²) in [7, 11) is 0. The molecule has 2 aromatic rings. The van der Waals surface area contributed by atoms with Gasteiger partial charge in [0.1, 0.15) is 0 Å². The number of aromatic nitrogens is 1. The van der Waals surface area contributed by atoms with Gasteiger partial charge in [-0.1, -0.05) is 19.9 Å². The molecule has 0 aliphatic carbocycles. The molecular weight excluding hydrogens is 196 g/mol. The van der Waals surface area contributed by atoms with E-state index in [0.717, 1.165) is 12.3 Å². The van der Waals surface area contributed by atoms with E-state index in [-0.39, 0.29) is 6.04 Å². The molecular formula is C14H20N2. The molecule has 0 amide bonds. The Morgan fingerprint density at radius 1 is 1.19 bits per heavy atom. The quantitative estimate of drug-likeness (QED) is 0.805. The van der Waals surface area contributed by atoms with Gasteiger partial charge in [-0.15, -0.1) is 0 Å². The summed E-state index contributed by atoms with van der Waals surface area (Å²) < 4.78 is 0. The minimum Gasteiger partial charge on any atom is -0.361 e. The van der Waals surface area contributed by atoms with Crippen LogP contribution in [0.2, 0.25) is 0 Å². The Kier molecular flexibility index (Phi) is 3.30. The zero-order valence-electron chi connectivity index (χ0n) is 10.0. The van der Waals surface area contributed by atoms with Crippen molar-refractivity contribution in [1.82, 2.24) is 4.98 Å². The Morgan fingerprint density at radius 3 is 2.75 bits per heavy atom. The number of benzene rings is 1. The molecule has 1 aromatic carbocycles. The molecule has 2 heteroatoms. The summed E-state index contributed by atoms with van der Waals surface area (Å²) in [6, 6.07) is 8.69. The number of H-pyrrole nitrogens is 1. The van der Waals surface area contributed by atoms with Crippen LogP contribution in [-0.4, -0.2) is 4.98 Å². The van der Waals surface area contributed by atoms with Crippen molar-refractivity contribution < 1.29 is 0 Å². The van der Waals surface area contributed by atoms with E-state index in [0.29, 0.717) is 0 Å². The maximum Gasteiger partial charge on any atom is 0.0454 e. The van der Waals surface area contributed by atoms with Gasteiger partial charge in [-0.05, 0) is 47.9 Å². The molecule has 0 saturated carbocycles. The summed E-state index contributed by atoms with van der Waals surface area (Å²) in [6.45, 7) is 4.48. The predicted octanol–water partition coefficient (Wildman–Crippen LogP) is 3.60. The number of hydrogen-bond donors (Lipinski definition) is 2. The van der Waals surface area contributed by atoms with Crippen LogP contribution in [0.25, 0.3) is 10.9 Å². The molecule has 1 aromatic heterocycles. The average molecular weight is 216 g/mol. The zero-order valence-corrected chi connectivity index (χ0v) is 10.0. The first-order chi connectivity index (χ1) is 7.66. The fourth-order valence-electron chi connectivity index (χ4n) is 1.98. The number of rotatable bonds is 4. The van der Waals surface area contributed by atoms with Crippen molar-refractivity contribution in [3.8, 4) is 0 Å². The van der Waals surface area contributed by atoms with E-state index in [1.807, 2.05) is 6.20 Å². The van der Waals surface area contributed by atoms with Gasteiger partial charge in [0.05, 0.1) is 0 Å². The lowest BCUT2D eigenvalue weighted by Gasteiger charge is -2.13. The minimum absolute atomic E-state index is 0.168. The summed E-state index contributed by atoms with van der Waals surface area (Å²) in [5, 5.41) is 1.25. The van der Waals surface area contributed by atoms with Crippen LogP contribution in [0.4, 0.5) is 0 Å². The zero-order chi connectivity index (χ0) is 11.5. The highest BCUT2D eigenvalue weighted by atomic mass is 14.7. The largest absolute Gasteiger partial charge is 0.361 e. The second kappa shape index (κ2) is 4.71. The fourth-order valence-corrected chi connectivity index (χ4v) is 1.98. The third kappa shape index (κ3) is 2.45. The van der Waals surface area contributed by atoms with Crippen molar-refractivity contribution in [2.24, 2.45) is 11.7 Å². The lowest BCUT2D eigenvalue weighted by molar-refractivity contribution is 0.507. The lowest BCUT2D eigenvalue weighted by Crippen LogP contribution is -2.11. The minimum atomic E-state index is 0.168. The average Bonchev–Trinajstić information content (AvgIpc) is 2.72. The second-order valence-electron chi connectivity index (χ2n) is 4.90. The van der Waals surface area contributed by atoms with E-state index >= 15 is 0 Å². The van der Waals surface area contributed by atoms with Gasteiger partial charge in [0.25, 0.3) is 0 Å². The van der Waals surface area contributed by atoms with E-state index < -0.39 is 0 Å². The second-order valence-corrected chi connectivity index (χ2v) is 4.90. The molecule has 2 nitrogen and oxygen atoms in total. The normalized spacial score (nSPS) is 13.5. The first-order valence-electron chi connectivity index (χ1n) is 5.99. The molecule has 0 bridgehead atoms. The van der Waals surface area contributed by atoms with Crippen LogP contribution in [0.5, 0.6) is 0 Å². The summed E-state index contributed by atoms with van der Waals surface area (Å²) in [4.78, 5) is 3.20. The van der Waals surface area contributed by atoms with Crippen molar-refractivity contribution in [3.63, 3.8) is 0 Å². The Balaban J connectivity index is 2.12. The van der Waals surface area contributed by atoms with Gasteiger partial charge >= 0.3 is 0 Å². The third-order valence-corrected chi connectivity index (χ3v) is 3.06. The van der Waals surface area contributed by atoms with Crippen molar-refractivity contribution >= 4 is 10.9 Å². The first kappa shape index (κ1) is 11.2. The molecule has 1 atom stereocenters. The molecule has 0 saturated heterocycles. The van der Waals surface area contributed by atoms with Gasteiger partial charge in [0.15, 0.2) is 0 Å². The van der Waals surface area contributed by atoms with Gasteiger partial charge < -0.3 is 10.7 Å². The van der Waals surface area contributed by atoms with Crippen molar-refractivity contribution in [3.05, 3.63) is 36.0 Å². The molecule has 1 heterocycles. The van der Waals surface area contributed by atoms with Crippen molar-refractivity contribution in [2.45, 2.75) is 32.7 Å². The smallest absolute Gasteiger partial charge is 0.0454 e. The Morgan fingerprint density at radius 2 is 2.00 bits per heavy atom. The standard InChI is InChI=1S/C14H20N2/c1-10(2)3-5-13(15)11-4-6-14-12(9-11)7-8-16-14/h4,6-10,13,16H,3,5,15H2,1-2H3/t13-/m0/s1. The number of nitrogens with one attached hydrogen (secondary N) is 1. The highest BCUT2D eigenvalue weighted by molar-refractivity contribution is 5.80. The van der Waals surface area contributed by atoms with Crippen molar-refractivity contribution in [2.75, 3.05) is 0 Å². The molecule has 2 rings (SSSR count). The maximum atomic E-state index is 6.19. The van der Waals surface area contributed by atoms with Crippen LogP contribution in [0.1, 0.15) is 38.3 Å². The van der Waals surface area contributed by atoms with Crippen LogP contribution in [0.3, 0.4) is 0 Å². The van der Waals surface area contributed by atoms with E-state index in [1.54, 1.807) is 0 Å². The Hall–Kier alpha value is -1.28. The molecule has 0 spiro atoms. The lowest BCUT2D eigenvalue weighted by atomic mass is 9.97. The summed E-state index contributed by atoms with van der Waals surface area (Å²) in [6.07, 6.45) is 4.22. The van der Waals surface area contributed by atoms with Gasteiger partial charge in [-0.3, -0.25) is 0 Å². The van der Waals surface area contributed by atoms with E-state index in [2.05, 4.69) is 43.1 Å². The van der Waals surface area contributed by atoms with Crippen LogP contribution >= 0.6 is 0 Å². The molecule has 3 N–H and O–H groups in total. The molecule has 0 aliphatic heterocycles. The SMILES string of the molecule is CC(C)CC[C@H](N)c1ccc2[nH]ccc2c1. The number of nitrogens with two attached hydrogens (primary N) is 1. The van der Waals surface area contributed by atoms with Gasteiger partial charge in [0, 0.05) is 17.8 Å². The molecule has 0 unspecified atom stereocenters. The third-order valence-electron chi connectivity index (χ3n) is 3.06. The molecule has 0 aliphatic rings. The van der Waals surface area contributed by atoms with Gasteiger partial charge in [-0.25, -0.2) is 0 Å². The van der Waals surface area contributed by atoms with Crippen molar-refractivity contribution in [1.29, 1.82) is 0 Å². The van der Waals surface area contributed by atoms with Crippen LogP contribution in [0.15, 0.2) is 30.5 Å². The highest BCUT2D eigenvalue weighted by Gasteiger charge is 2.07. The molecule has 16 heavy (non-hydrogen) atoms. The summed E-state index contributed by atoms with van der Waals surface area (Å²) in [5.74, 6) is 0.724. The predicted molar refractivity (Wildman–Crippen MR) is 69.3 cm³/mol. The van der Waals surface area contributed by atoms with Gasteiger partial charge in [-0.2, -0.15) is 0 Å². The number of hydrogen-bond acceptors (Lipinski definition) is 1. The monoisotopic (exact) mass is 216 g/mol. The topological polar surface area (TPSA) is 41.8 Å². The fraction of sp³-hybridized carbons (Fsp3) is 0.429. The number of fused-ring (bicyclic) bond motifs is 1. The van der Waals surface area contributed by atoms with Gasteiger partial charge in [0.2, 0.25) is 0 Å². The van der Waals surface area contributed by atoms with E-state index in [4.69, 9.17) is 5.73 Å². The summed E-state index contributed by atoms with van der Waals surface area (Å²) >= 11 is 0. The van der Waals surface area contributed by atoms with Crippen LogP contribution in [0, 0.1) is 5.92 Å². The molecule has 0 fully saturated rings. The summed E-state index contributed by atoms with van der Waals surface area (Å²) in [5.41, 5.74) is 8.62. The first-order valence-corrected chi connectivity index (χ1v) is 5.99. The van der Waals surface area contributed by atoms with E-state index in [9.17, 15) is 0 Å². The Labute approximate surface area is 96.9 Å².